The second kappa shape index (κ2) is 5.13. The molecule has 1 amide bonds. The summed E-state index contributed by atoms with van der Waals surface area (Å²) < 4.78 is 0. The zero-order chi connectivity index (χ0) is 15.0. The number of anilines is 3. The number of rotatable bonds is 2. The Balaban J connectivity index is 2.17. The van der Waals surface area contributed by atoms with Gasteiger partial charge in [-0.05, 0) is 42.2 Å². The molecule has 4 heteroatoms. The zero-order valence-corrected chi connectivity index (χ0v) is 12.0. The van der Waals surface area contributed by atoms with Crippen LogP contribution in [0.1, 0.15) is 22.8 Å². The molecule has 0 radical (unpaired) electrons. The third-order valence-corrected chi connectivity index (χ3v) is 3.92. The lowest BCUT2D eigenvalue weighted by Gasteiger charge is -2.35. The van der Waals surface area contributed by atoms with Gasteiger partial charge in [-0.3, -0.25) is 4.79 Å². The smallest absolute Gasteiger partial charge is 0.250 e. The summed E-state index contributed by atoms with van der Waals surface area (Å²) in [6, 6.07) is 13.5. The number of carbonyl (C=O) groups excluding carboxylic acids is 1. The largest absolute Gasteiger partial charge is 0.399 e. The fourth-order valence-electron chi connectivity index (χ4n) is 3.01. The number of para-hydroxylation sites is 1. The molecule has 1 unspecified atom stereocenters. The van der Waals surface area contributed by atoms with Crippen molar-refractivity contribution in [1.29, 1.82) is 0 Å². The van der Waals surface area contributed by atoms with Crippen LogP contribution in [0.2, 0.25) is 0 Å². The lowest BCUT2D eigenvalue weighted by molar-refractivity contribution is 0.100. The summed E-state index contributed by atoms with van der Waals surface area (Å²) in [5, 5.41) is 0. The van der Waals surface area contributed by atoms with Crippen LogP contribution in [0.4, 0.5) is 17.1 Å². The molecule has 4 nitrogen and oxygen atoms in total. The standard InChI is InChI=1S/C17H19N3O/c1-11-8-12-4-2-3-5-15(12)20(10-11)16-9-13(18)6-7-14(16)17(19)21/h2-7,9,11H,8,10,18H2,1H3,(H2,19,21). The molecule has 2 aromatic carbocycles. The zero-order valence-electron chi connectivity index (χ0n) is 12.0. The predicted octanol–water partition coefficient (Wildman–Crippen LogP) is 2.70. The first kappa shape index (κ1) is 13.5. The average molecular weight is 281 g/mol. The summed E-state index contributed by atoms with van der Waals surface area (Å²) in [4.78, 5) is 13.9. The molecule has 4 N–H and O–H groups in total. The average Bonchev–Trinajstić information content (AvgIpc) is 2.45. The van der Waals surface area contributed by atoms with Crippen LogP contribution in [-0.4, -0.2) is 12.5 Å². The Bertz CT molecular complexity index is 696. The van der Waals surface area contributed by atoms with E-state index in [1.165, 1.54) is 5.56 Å². The minimum atomic E-state index is -0.430. The van der Waals surface area contributed by atoms with Gasteiger partial charge in [-0.2, -0.15) is 0 Å². The predicted molar refractivity (Wildman–Crippen MR) is 85.7 cm³/mol. The molecule has 0 saturated carbocycles. The summed E-state index contributed by atoms with van der Waals surface area (Å²) in [6.45, 7) is 3.06. The Morgan fingerprint density at radius 2 is 1.95 bits per heavy atom. The van der Waals surface area contributed by atoms with E-state index < -0.39 is 5.91 Å². The number of hydrogen-bond acceptors (Lipinski definition) is 3. The third kappa shape index (κ3) is 2.44. The first-order valence-corrected chi connectivity index (χ1v) is 7.11. The van der Waals surface area contributed by atoms with E-state index in [-0.39, 0.29) is 0 Å². The number of nitrogens with zero attached hydrogens (tertiary/aromatic N) is 1. The van der Waals surface area contributed by atoms with Crippen molar-refractivity contribution in [2.45, 2.75) is 13.3 Å². The Hall–Kier alpha value is -2.49. The quantitative estimate of drug-likeness (QED) is 0.831. The summed E-state index contributed by atoms with van der Waals surface area (Å²) >= 11 is 0. The lowest BCUT2D eigenvalue weighted by atomic mass is 9.93. The molecule has 3 rings (SSSR count). The molecular formula is C17H19N3O. The second-order valence-electron chi connectivity index (χ2n) is 5.69. The molecule has 0 aliphatic carbocycles. The monoisotopic (exact) mass is 281 g/mol. The molecule has 1 heterocycles. The highest BCUT2D eigenvalue weighted by molar-refractivity contribution is 6.00. The maximum atomic E-state index is 11.7. The van der Waals surface area contributed by atoms with E-state index >= 15 is 0 Å². The maximum absolute atomic E-state index is 11.7. The fourth-order valence-corrected chi connectivity index (χ4v) is 3.01. The topological polar surface area (TPSA) is 72.3 Å². The van der Waals surface area contributed by atoms with Crippen molar-refractivity contribution in [2.24, 2.45) is 11.7 Å². The molecule has 2 aromatic rings. The number of carbonyl (C=O) groups is 1. The van der Waals surface area contributed by atoms with Crippen molar-refractivity contribution in [3.05, 3.63) is 53.6 Å². The van der Waals surface area contributed by atoms with Gasteiger partial charge in [0.1, 0.15) is 0 Å². The third-order valence-electron chi connectivity index (χ3n) is 3.92. The molecular weight excluding hydrogens is 262 g/mol. The van der Waals surface area contributed by atoms with Gasteiger partial charge in [0.25, 0.3) is 5.91 Å². The normalized spacial score (nSPS) is 17.4. The first-order valence-electron chi connectivity index (χ1n) is 7.11. The summed E-state index contributed by atoms with van der Waals surface area (Å²) in [6.07, 6.45) is 1.04. The lowest BCUT2D eigenvalue weighted by Crippen LogP contribution is -2.32. The summed E-state index contributed by atoms with van der Waals surface area (Å²) in [5.74, 6) is 0.0720. The molecule has 1 aliphatic rings. The molecule has 21 heavy (non-hydrogen) atoms. The van der Waals surface area contributed by atoms with Gasteiger partial charge in [-0.25, -0.2) is 0 Å². The minimum Gasteiger partial charge on any atom is -0.399 e. The number of hydrogen-bond donors (Lipinski definition) is 2. The van der Waals surface area contributed by atoms with Gasteiger partial charge >= 0.3 is 0 Å². The van der Waals surface area contributed by atoms with Gasteiger partial charge in [0.2, 0.25) is 0 Å². The summed E-state index contributed by atoms with van der Waals surface area (Å²) in [5.41, 5.74) is 15.8. The van der Waals surface area contributed by atoms with Crippen LogP contribution in [0, 0.1) is 5.92 Å². The highest BCUT2D eigenvalue weighted by atomic mass is 16.1. The second-order valence-corrected chi connectivity index (χ2v) is 5.69. The van der Waals surface area contributed by atoms with E-state index in [2.05, 4.69) is 24.0 Å². The fraction of sp³-hybridized carbons (Fsp3) is 0.235. The molecule has 0 spiro atoms. The minimum absolute atomic E-state index is 0.430. The number of fused-ring (bicyclic) bond motifs is 1. The SMILES string of the molecule is CC1Cc2ccccc2N(c2cc(N)ccc2C(N)=O)C1. The van der Waals surface area contributed by atoms with E-state index in [1.54, 1.807) is 12.1 Å². The van der Waals surface area contributed by atoms with Crippen molar-refractivity contribution in [3.8, 4) is 0 Å². The van der Waals surface area contributed by atoms with Gasteiger partial charge in [0.15, 0.2) is 0 Å². The number of nitrogens with two attached hydrogens (primary N) is 2. The highest BCUT2D eigenvalue weighted by Gasteiger charge is 2.25. The van der Waals surface area contributed by atoms with Gasteiger partial charge in [-0.15, -0.1) is 0 Å². The van der Waals surface area contributed by atoms with Crippen molar-refractivity contribution in [2.75, 3.05) is 17.2 Å². The van der Waals surface area contributed by atoms with Crippen LogP contribution in [-0.2, 0) is 6.42 Å². The van der Waals surface area contributed by atoms with Crippen LogP contribution >= 0.6 is 0 Å². The van der Waals surface area contributed by atoms with E-state index in [0.29, 0.717) is 17.2 Å². The van der Waals surface area contributed by atoms with Gasteiger partial charge < -0.3 is 16.4 Å². The van der Waals surface area contributed by atoms with Crippen molar-refractivity contribution in [3.63, 3.8) is 0 Å². The van der Waals surface area contributed by atoms with Gasteiger partial charge in [0.05, 0.1) is 11.3 Å². The number of primary amides is 1. The van der Waals surface area contributed by atoms with E-state index in [9.17, 15) is 4.79 Å². The number of amides is 1. The Labute approximate surface area is 124 Å². The number of benzene rings is 2. The summed E-state index contributed by atoms with van der Waals surface area (Å²) in [7, 11) is 0. The van der Waals surface area contributed by atoms with Crippen LogP contribution in [0.25, 0.3) is 0 Å². The van der Waals surface area contributed by atoms with Crippen LogP contribution < -0.4 is 16.4 Å². The van der Waals surface area contributed by atoms with E-state index in [4.69, 9.17) is 11.5 Å². The maximum Gasteiger partial charge on any atom is 0.250 e. The molecule has 1 aliphatic heterocycles. The molecule has 1 atom stereocenters. The van der Waals surface area contributed by atoms with Crippen molar-refractivity contribution in [1.82, 2.24) is 0 Å². The molecule has 0 fully saturated rings. The number of nitrogen functional groups attached to an aromatic ring is 1. The van der Waals surface area contributed by atoms with E-state index in [0.717, 1.165) is 24.3 Å². The Kier molecular flexibility index (Phi) is 3.29. The van der Waals surface area contributed by atoms with Crippen LogP contribution in [0.5, 0.6) is 0 Å². The molecule has 0 bridgehead atoms. The molecule has 0 saturated heterocycles. The van der Waals surface area contributed by atoms with Gasteiger partial charge in [-0.1, -0.05) is 25.1 Å². The highest BCUT2D eigenvalue weighted by Crippen LogP contribution is 2.37. The Morgan fingerprint density at radius 3 is 2.71 bits per heavy atom. The van der Waals surface area contributed by atoms with Crippen LogP contribution in [0.15, 0.2) is 42.5 Å². The van der Waals surface area contributed by atoms with Crippen molar-refractivity contribution < 1.29 is 4.79 Å². The molecule has 0 aromatic heterocycles. The van der Waals surface area contributed by atoms with E-state index in [1.807, 2.05) is 18.2 Å². The first-order chi connectivity index (χ1) is 10.1. The molecule has 108 valence electrons. The van der Waals surface area contributed by atoms with Crippen LogP contribution in [0.3, 0.4) is 0 Å². The Morgan fingerprint density at radius 1 is 1.19 bits per heavy atom. The van der Waals surface area contributed by atoms with Gasteiger partial charge in [0, 0.05) is 17.9 Å². The van der Waals surface area contributed by atoms with Crippen molar-refractivity contribution >= 4 is 23.0 Å².